The molecule has 0 aliphatic heterocycles. The van der Waals surface area contributed by atoms with Gasteiger partial charge in [-0.15, -0.1) is 0 Å². The molecule has 108 valence electrons. The lowest BCUT2D eigenvalue weighted by atomic mass is 10.2. The zero-order valence-corrected chi connectivity index (χ0v) is 11.8. The lowest BCUT2D eigenvalue weighted by Crippen LogP contribution is -2.40. The minimum Gasteiger partial charge on any atom is -0.480 e. The summed E-state index contributed by atoms with van der Waals surface area (Å²) >= 11 is 1.51. The van der Waals surface area contributed by atoms with Crippen LogP contribution in [0.1, 0.15) is 12.0 Å². The molecule has 1 aromatic rings. The molecule has 1 aromatic carbocycles. The van der Waals surface area contributed by atoms with Crippen LogP contribution >= 0.6 is 11.8 Å². The first-order valence-electron chi connectivity index (χ1n) is 5.99. The Morgan fingerprint density at radius 3 is 2.85 bits per heavy atom. The summed E-state index contributed by atoms with van der Waals surface area (Å²) in [5, 5.41) is 11.4. The summed E-state index contributed by atoms with van der Waals surface area (Å²) in [6, 6.07) is 4.86. The maximum Gasteiger partial charge on any atom is 0.326 e. The molecule has 2 N–H and O–H groups in total. The molecule has 1 rings (SSSR count). The first kappa shape index (κ1) is 16.2. The fourth-order valence-electron chi connectivity index (χ4n) is 1.50. The zero-order valence-electron chi connectivity index (χ0n) is 11.0. The smallest absolute Gasteiger partial charge is 0.326 e. The molecule has 6 heteroatoms. The van der Waals surface area contributed by atoms with Crippen molar-refractivity contribution in [3.05, 3.63) is 41.7 Å². The van der Waals surface area contributed by atoms with Crippen LogP contribution in [0.4, 0.5) is 4.39 Å². The molecule has 0 spiro atoms. The SMILES string of the molecule is CSCC[C@H](NC(=O)/C=C/c1cccc(F)c1)C(=O)O. The molecule has 0 aromatic heterocycles. The predicted octanol–water partition coefficient (Wildman–Crippen LogP) is 2.16. The van der Waals surface area contributed by atoms with Gasteiger partial charge >= 0.3 is 5.97 Å². The molecule has 0 saturated heterocycles. The second-order valence-corrected chi connectivity index (χ2v) is 5.05. The van der Waals surface area contributed by atoms with Gasteiger partial charge in [0.05, 0.1) is 0 Å². The average Bonchev–Trinajstić information content (AvgIpc) is 2.41. The summed E-state index contributed by atoms with van der Waals surface area (Å²) in [5.41, 5.74) is 0.538. The number of aliphatic carboxylic acids is 1. The van der Waals surface area contributed by atoms with Crippen LogP contribution in [-0.2, 0) is 9.59 Å². The monoisotopic (exact) mass is 297 g/mol. The van der Waals surface area contributed by atoms with Gasteiger partial charge in [-0.25, -0.2) is 9.18 Å². The van der Waals surface area contributed by atoms with E-state index in [9.17, 15) is 14.0 Å². The molecule has 0 radical (unpaired) electrons. The van der Waals surface area contributed by atoms with E-state index < -0.39 is 23.7 Å². The van der Waals surface area contributed by atoms with Gasteiger partial charge in [-0.05, 0) is 42.2 Å². The van der Waals surface area contributed by atoms with Gasteiger partial charge in [-0.2, -0.15) is 11.8 Å². The highest BCUT2D eigenvalue weighted by Crippen LogP contribution is 2.05. The van der Waals surface area contributed by atoms with Crippen LogP contribution < -0.4 is 5.32 Å². The number of thioether (sulfide) groups is 1. The minimum atomic E-state index is -1.06. The number of hydrogen-bond acceptors (Lipinski definition) is 3. The van der Waals surface area contributed by atoms with Crippen LogP contribution in [0.15, 0.2) is 30.3 Å². The molecule has 0 heterocycles. The van der Waals surface area contributed by atoms with Gasteiger partial charge in [0.1, 0.15) is 11.9 Å². The molecule has 20 heavy (non-hydrogen) atoms. The molecule has 0 aliphatic carbocycles. The van der Waals surface area contributed by atoms with Crippen molar-refractivity contribution in [1.82, 2.24) is 5.32 Å². The number of halogens is 1. The zero-order chi connectivity index (χ0) is 15.0. The van der Waals surface area contributed by atoms with Gasteiger partial charge in [0, 0.05) is 6.08 Å². The van der Waals surface area contributed by atoms with Gasteiger partial charge in [-0.1, -0.05) is 12.1 Å². The number of rotatable bonds is 7. The highest BCUT2D eigenvalue weighted by atomic mass is 32.2. The van der Waals surface area contributed by atoms with Crippen molar-refractivity contribution in [2.24, 2.45) is 0 Å². The average molecular weight is 297 g/mol. The lowest BCUT2D eigenvalue weighted by molar-refractivity contribution is -0.141. The van der Waals surface area contributed by atoms with Crippen LogP contribution in [0, 0.1) is 5.82 Å². The second kappa shape index (κ2) is 8.37. The highest BCUT2D eigenvalue weighted by molar-refractivity contribution is 7.98. The molecular formula is C14H16FNO3S. The van der Waals surface area contributed by atoms with Crippen molar-refractivity contribution >= 4 is 29.7 Å². The van der Waals surface area contributed by atoms with E-state index in [1.165, 1.54) is 42.1 Å². The number of hydrogen-bond donors (Lipinski definition) is 2. The van der Waals surface area contributed by atoms with Crippen LogP contribution in [0.3, 0.4) is 0 Å². The number of carboxylic acids is 1. The van der Waals surface area contributed by atoms with Crippen molar-refractivity contribution in [2.75, 3.05) is 12.0 Å². The Bertz CT molecular complexity index is 505. The third-order valence-corrected chi connectivity index (χ3v) is 3.15. The number of carbonyl (C=O) groups is 2. The van der Waals surface area contributed by atoms with Crippen molar-refractivity contribution in [3.63, 3.8) is 0 Å². The van der Waals surface area contributed by atoms with Crippen LogP contribution in [0.5, 0.6) is 0 Å². The number of nitrogens with one attached hydrogen (secondary N) is 1. The maximum absolute atomic E-state index is 12.9. The summed E-state index contributed by atoms with van der Waals surface area (Å²) < 4.78 is 12.9. The van der Waals surface area contributed by atoms with Crippen LogP contribution in [0.2, 0.25) is 0 Å². The summed E-state index contributed by atoms with van der Waals surface area (Å²) in [6.07, 6.45) is 4.86. The Morgan fingerprint density at radius 1 is 1.50 bits per heavy atom. The minimum absolute atomic E-state index is 0.357. The molecular weight excluding hydrogens is 281 g/mol. The fraction of sp³-hybridized carbons (Fsp3) is 0.286. The van der Waals surface area contributed by atoms with E-state index in [1.807, 2.05) is 6.26 Å². The molecule has 0 saturated carbocycles. The molecule has 0 unspecified atom stereocenters. The molecule has 0 bridgehead atoms. The summed E-state index contributed by atoms with van der Waals surface area (Å²) in [7, 11) is 0. The standard InChI is InChI=1S/C14H16FNO3S/c1-20-8-7-12(14(18)19)16-13(17)6-5-10-3-2-4-11(15)9-10/h2-6,9,12H,7-8H2,1H3,(H,16,17)(H,18,19)/b6-5+/t12-/m0/s1. The Kier molecular flexibility index (Phi) is 6.79. The third kappa shape index (κ3) is 5.88. The summed E-state index contributed by atoms with van der Waals surface area (Å²) in [4.78, 5) is 22.6. The van der Waals surface area contributed by atoms with Crippen molar-refractivity contribution in [2.45, 2.75) is 12.5 Å². The molecule has 4 nitrogen and oxygen atoms in total. The predicted molar refractivity (Wildman–Crippen MR) is 78.0 cm³/mol. The molecule has 1 atom stereocenters. The third-order valence-electron chi connectivity index (χ3n) is 2.50. The van der Waals surface area contributed by atoms with E-state index >= 15 is 0 Å². The fourth-order valence-corrected chi connectivity index (χ4v) is 1.97. The molecule has 1 amide bonds. The second-order valence-electron chi connectivity index (χ2n) is 4.07. The molecule has 0 aliphatic rings. The van der Waals surface area contributed by atoms with Gasteiger partial charge in [0.25, 0.3) is 0 Å². The lowest BCUT2D eigenvalue weighted by Gasteiger charge is -2.12. The van der Waals surface area contributed by atoms with Crippen LogP contribution in [-0.4, -0.2) is 35.0 Å². The van der Waals surface area contributed by atoms with Crippen molar-refractivity contribution < 1.29 is 19.1 Å². The van der Waals surface area contributed by atoms with Gasteiger partial charge in [0.15, 0.2) is 0 Å². The largest absolute Gasteiger partial charge is 0.480 e. The van der Waals surface area contributed by atoms with Gasteiger partial charge in [0.2, 0.25) is 5.91 Å². The number of benzene rings is 1. The van der Waals surface area contributed by atoms with E-state index in [2.05, 4.69) is 5.32 Å². The first-order valence-corrected chi connectivity index (χ1v) is 7.38. The first-order chi connectivity index (χ1) is 9.52. The quantitative estimate of drug-likeness (QED) is 0.757. The summed E-state index contributed by atoms with van der Waals surface area (Å²) in [5.74, 6) is -1.32. The van der Waals surface area contributed by atoms with Gasteiger partial charge in [-0.3, -0.25) is 4.79 Å². The van der Waals surface area contributed by atoms with E-state index in [4.69, 9.17) is 5.11 Å². The Labute approximate surface area is 121 Å². The molecule has 0 fully saturated rings. The Morgan fingerprint density at radius 2 is 2.25 bits per heavy atom. The number of carboxylic acid groups (broad SMARTS) is 1. The number of amides is 1. The van der Waals surface area contributed by atoms with E-state index in [-0.39, 0.29) is 0 Å². The van der Waals surface area contributed by atoms with Crippen molar-refractivity contribution in [1.29, 1.82) is 0 Å². The van der Waals surface area contributed by atoms with E-state index in [0.717, 1.165) is 0 Å². The Balaban J connectivity index is 2.59. The Hall–Kier alpha value is -1.82. The topological polar surface area (TPSA) is 66.4 Å². The van der Waals surface area contributed by atoms with E-state index in [1.54, 1.807) is 6.07 Å². The maximum atomic E-state index is 12.9. The van der Waals surface area contributed by atoms with Crippen molar-refractivity contribution in [3.8, 4) is 0 Å². The number of carbonyl (C=O) groups excluding carboxylic acids is 1. The normalized spacial score (nSPS) is 12.3. The van der Waals surface area contributed by atoms with Gasteiger partial charge < -0.3 is 10.4 Å². The van der Waals surface area contributed by atoms with E-state index in [0.29, 0.717) is 17.7 Å². The highest BCUT2D eigenvalue weighted by Gasteiger charge is 2.17. The van der Waals surface area contributed by atoms with Crippen LogP contribution in [0.25, 0.3) is 6.08 Å². The summed E-state index contributed by atoms with van der Waals surface area (Å²) in [6.45, 7) is 0.